The monoisotopic (exact) mass is 653 g/mol. The maximum atomic E-state index is 14.1. The van der Waals surface area contributed by atoms with Crippen LogP contribution in [0, 0.1) is 5.41 Å². The summed E-state index contributed by atoms with van der Waals surface area (Å²) in [5, 5.41) is 2.21. The Balaban J connectivity index is 1.26. The predicted molar refractivity (Wildman–Crippen MR) is 176 cm³/mol. The van der Waals surface area contributed by atoms with Crippen molar-refractivity contribution in [3.63, 3.8) is 0 Å². The van der Waals surface area contributed by atoms with Crippen LogP contribution in [0.2, 0.25) is 5.02 Å². The normalized spacial score (nSPS) is 24.0. The van der Waals surface area contributed by atoms with E-state index in [1.807, 2.05) is 18.2 Å². The van der Waals surface area contributed by atoms with E-state index in [1.54, 1.807) is 36.3 Å². The van der Waals surface area contributed by atoms with E-state index < -0.39 is 15.7 Å². The highest BCUT2D eigenvalue weighted by Gasteiger charge is 2.51. The summed E-state index contributed by atoms with van der Waals surface area (Å²) in [7, 11) is -2.42. The molecule has 0 aliphatic carbocycles. The molecule has 3 heterocycles. The van der Waals surface area contributed by atoms with Crippen molar-refractivity contribution >= 4 is 38.3 Å². The fraction of sp³-hybridized carbons (Fsp3) is 0.514. The number of likely N-dealkylation sites (tertiary alicyclic amines) is 1. The highest BCUT2D eigenvalue weighted by atomic mass is 35.5. The van der Waals surface area contributed by atoms with Gasteiger partial charge in [0.15, 0.2) is 5.72 Å². The standard InChI is InChI=1S/C35H44ClN3O5S/c1-43-27-35-25-38(45(41,42)32-14-12-29-21-31(36)13-11-30(29)22-32)24-33(40)39(35)18-8-3-2-7-15-34(26-44-35)16-19-37(20-17-34)23-28-9-5-4-6-10-28/h4-6,9-14,21-22H,2-3,7-8,15-20,23-27H2,1H3. The third-order valence-corrected chi connectivity index (χ3v) is 12.0. The highest BCUT2D eigenvalue weighted by molar-refractivity contribution is 7.89. The minimum Gasteiger partial charge on any atom is -0.380 e. The Bertz CT molecular complexity index is 1600. The van der Waals surface area contributed by atoms with Gasteiger partial charge in [0.05, 0.1) is 31.2 Å². The molecule has 1 spiro atoms. The Hall–Kier alpha value is -2.53. The fourth-order valence-electron chi connectivity index (χ4n) is 7.30. The van der Waals surface area contributed by atoms with Crippen molar-refractivity contribution in [2.45, 2.75) is 62.1 Å². The molecular formula is C35H44ClN3O5S. The van der Waals surface area contributed by atoms with E-state index in [2.05, 4.69) is 29.2 Å². The van der Waals surface area contributed by atoms with Crippen LogP contribution in [0.5, 0.6) is 0 Å². The van der Waals surface area contributed by atoms with Crippen molar-refractivity contribution in [1.29, 1.82) is 0 Å². The zero-order valence-corrected chi connectivity index (χ0v) is 27.7. The number of rotatable bonds is 6. The number of nitrogens with zero attached hydrogens (tertiary/aromatic N) is 3. The summed E-state index contributed by atoms with van der Waals surface area (Å²) in [6.45, 7) is 3.75. The lowest BCUT2D eigenvalue weighted by Gasteiger charge is -2.51. The van der Waals surface area contributed by atoms with Crippen LogP contribution in [0.15, 0.2) is 71.6 Å². The Morgan fingerprint density at radius 1 is 0.889 bits per heavy atom. The van der Waals surface area contributed by atoms with Crippen molar-refractivity contribution in [1.82, 2.24) is 14.1 Å². The summed E-state index contributed by atoms with van der Waals surface area (Å²) >= 11 is 6.15. The number of halogens is 1. The van der Waals surface area contributed by atoms with Crippen molar-refractivity contribution in [3.05, 3.63) is 77.3 Å². The van der Waals surface area contributed by atoms with Crippen molar-refractivity contribution in [2.75, 3.05) is 53.0 Å². The smallest absolute Gasteiger partial charge is 0.243 e. The number of ether oxygens (including phenoxy) is 2. The number of carbonyl (C=O) groups excluding carboxylic acids is 1. The first kappa shape index (κ1) is 32.4. The first-order chi connectivity index (χ1) is 21.7. The molecular weight excluding hydrogens is 610 g/mol. The average molecular weight is 654 g/mol. The second-order valence-electron chi connectivity index (χ2n) is 13.1. The maximum Gasteiger partial charge on any atom is 0.243 e. The number of hydrogen-bond donors (Lipinski definition) is 0. The van der Waals surface area contributed by atoms with Gasteiger partial charge in [0.2, 0.25) is 15.9 Å². The van der Waals surface area contributed by atoms with E-state index in [9.17, 15) is 13.2 Å². The minimum absolute atomic E-state index is 0.0176. The largest absolute Gasteiger partial charge is 0.380 e. The summed E-state index contributed by atoms with van der Waals surface area (Å²) in [4.78, 5) is 18.3. The van der Waals surface area contributed by atoms with Crippen LogP contribution in [0.1, 0.15) is 50.5 Å². The number of piperidine rings is 1. The summed E-state index contributed by atoms with van der Waals surface area (Å²) in [6, 6.07) is 20.9. The number of carbonyl (C=O) groups is 1. The molecule has 45 heavy (non-hydrogen) atoms. The Kier molecular flexibility index (Phi) is 9.85. The molecule has 0 aromatic heterocycles. The van der Waals surface area contributed by atoms with Crippen LogP contribution in [-0.2, 0) is 30.8 Å². The molecule has 0 radical (unpaired) electrons. The second-order valence-corrected chi connectivity index (χ2v) is 15.4. The van der Waals surface area contributed by atoms with Gasteiger partial charge in [-0.05, 0) is 84.8 Å². The van der Waals surface area contributed by atoms with Crippen LogP contribution in [0.3, 0.4) is 0 Å². The molecule has 3 aromatic rings. The molecule has 6 rings (SSSR count). The molecule has 10 heteroatoms. The van der Waals surface area contributed by atoms with Gasteiger partial charge in [-0.1, -0.05) is 73.3 Å². The van der Waals surface area contributed by atoms with Gasteiger partial charge in [-0.25, -0.2) is 8.42 Å². The quantitative estimate of drug-likeness (QED) is 0.328. The molecule has 3 aliphatic heterocycles. The van der Waals surface area contributed by atoms with E-state index in [0.717, 1.165) is 75.4 Å². The molecule has 3 fully saturated rings. The minimum atomic E-state index is -4.01. The van der Waals surface area contributed by atoms with Crippen molar-refractivity contribution in [3.8, 4) is 0 Å². The zero-order chi connectivity index (χ0) is 31.5. The first-order valence-corrected chi connectivity index (χ1v) is 17.9. The molecule has 242 valence electrons. The molecule has 0 bridgehead atoms. The maximum absolute atomic E-state index is 14.1. The third-order valence-electron chi connectivity index (χ3n) is 9.96. The van der Waals surface area contributed by atoms with Gasteiger partial charge >= 0.3 is 0 Å². The van der Waals surface area contributed by atoms with Gasteiger partial charge < -0.3 is 14.4 Å². The van der Waals surface area contributed by atoms with Gasteiger partial charge in [0, 0.05) is 25.2 Å². The summed E-state index contributed by atoms with van der Waals surface area (Å²) < 4.78 is 42.1. The van der Waals surface area contributed by atoms with Crippen molar-refractivity contribution < 1.29 is 22.7 Å². The molecule has 0 saturated carbocycles. The van der Waals surface area contributed by atoms with Gasteiger partial charge in [-0.15, -0.1) is 0 Å². The number of sulfonamides is 1. The SMILES string of the molecule is COCC12CN(S(=O)(=O)c3ccc4cc(Cl)ccc4c3)CC(=O)N1CCCCCCC1(CCN(Cc3ccccc3)CC1)CO2. The predicted octanol–water partition coefficient (Wildman–Crippen LogP) is 5.93. The number of amides is 1. The molecule has 3 aliphatic rings. The number of fused-ring (bicyclic) bond motifs is 2. The summed E-state index contributed by atoms with van der Waals surface area (Å²) in [5.74, 6) is -0.250. The van der Waals surface area contributed by atoms with E-state index in [1.165, 1.54) is 9.87 Å². The fourth-order valence-corrected chi connectivity index (χ4v) is 8.95. The van der Waals surface area contributed by atoms with Crippen LogP contribution in [-0.4, -0.2) is 87.2 Å². The zero-order valence-electron chi connectivity index (χ0n) is 26.1. The first-order valence-electron chi connectivity index (χ1n) is 16.1. The number of hydrogen-bond acceptors (Lipinski definition) is 6. The molecule has 0 N–H and O–H groups in total. The molecule has 3 aromatic carbocycles. The third kappa shape index (κ3) is 7.09. The Labute approximate surface area is 272 Å². The average Bonchev–Trinajstić information content (AvgIpc) is 3.07. The van der Waals surface area contributed by atoms with Crippen LogP contribution in [0.4, 0.5) is 0 Å². The van der Waals surface area contributed by atoms with Crippen LogP contribution < -0.4 is 0 Å². The Morgan fingerprint density at radius 3 is 2.40 bits per heavy atom. The van der Waals surface area contributed by atoms with Crippen LogP contribution in [0.25, 0.3) is 10.8 Å². The topological polar surface area (TPSA) is 79.4 Å². The van der Waals surface area contributed by atoms with Gasteiger partial charge in [0.1, 0.15) is 0 Å². The molecule has 1 unspecified atom stereocenters. The Morgan fingerprint density at radius 2 is 1.62 bits per heavy atom. The van der Waals surface area contributed by atoms with E-state index >= 15 is 0 Å². The van der Waals surface area contributed by atoms with Gasteiger partial charge in [-0.3, -0.25) is 9.69 Å². The van der Waals surface area contributed by atoms with Crippen molar-refractivity contribution in [2.24, 2.45) is 5.41 Å². The number of piperazine rings is 1. The highest BCUT2D eigenvalue weighted by Crippen LogP contribution is 2.41. The van der Waals surface area contributed by atoms with E-state index in [0.29, 0.717) is 18.2 Å². The van der Waals surface area contributed by atoms with Gasteiger partial charge in [-0.2, -0.15) is 4.31 Å². The molecule has 1 amide bonds. The lowest BCUT2D eigenvalue weighted by Crippen LogP contribution is -2.69. The lowest BCUT2D eigenvalue weighted by atomic mass is 9.75. The van der Waals surface area contributed by atoms with Crippen LogP contribution >= 0.6 is 11.6 Å². The molecule has 3 saturated heterocycles. The molecule has 8 nitrogen and oxygen atoms in total. The second kappa shape index (κ2) is 13.7. The van der Waals surface area contributed by atoms with E-state index in [-0.39, 0.29) is 35.9 Å². The van der Waals surface area contributed by atoms with E-state index in [4.69, 9.17) is 21.1 Å². The molecule has 1 atom stereocenters. The number of benzene rings is 3. The number of methoxy groups -OCH3 is 1. The summed E-state index contributed by atoms with van der Waals surface area (Å²) in [5.41, 5.74) is 0.0763. The van der Waals surface area contributed by atoms with Gasteiger partial charge in [0.25, 0.3) is 0 Å². The summed E-state index contributed by atoms with van der Waals surface area (Å²) in [6.07, 6.45) is 7.17. The lowest BCUT2D eigenvalue weighted by molar-refractivity contribution is -0.221.